The Hall–Kier alpha value is -0.640. The highest BCUT2D eigenvalue weighted by molar-refractivity contribution is 7.09. The van der Waals surface area contributed by atoms with Crippen LogP contribution in [-0.2, 0) is 0 Å². The first-order chi connectivity index (χ1) is 6.18. The normalized spacial score (nSPS) is 20.5. The van der Waals surface area contributed by atoms with E-state index in [1.54, 1.807) is 0 Å². The molecule has 1 fully saturated rings. The molecule has 0 amide bonds. The number of nitrogens with one attached hydrogen (secondary N) is 1. The molecule has 1 aliphatic rings. The number of rotatable bonds is 2. The van der Waals surface area contributed by atoms with E-state index >= 15 is 0 Å². The van der Waals surface area contributed by atoms with Crippen LogP contribution in [0.4, 0.5) is 5.13 Å². The second kappa shape index (κ2) is 3.25. The van der Waals surface area contributed by atoms with Crippen LogP contribution in [0.15, 0.2) is 0 Å². The van der Waals surface area contributed by atoms with Gasteiger partial charge in [0.25, 0.3) is 0 Å². The lowest BCUT2D eigenvalue weighted by Crippen LogP contribution is -2.30. The fourth-order valence-electron chi connectivity index (χ4n) is 1.89. The molecular formula is C9H15N3S. The summed E-state index contributed by atoms with van der Waals surface area (Å²) in [7, 11) is 0. The third-order valence-corrected chi connectivity index (χ3v) is 3.37. The van der Waals surface area contributed by atoms with E-state index in [9.17, 15) is 0 Å². The number of hydrogen-bond acceptors (Lipinski definition) is 4. The second-order valence-electron chi connectivity index (χ2n) is 4.04. The van der Waals surface area contributed by atoms with E-state index in [4.69, 9.17) is 0 Å². The zero-order valence-electron chi connectivity index (χ0n) is 8.13. The van der Waals surface area contributed by atoms with Crippen molar-refractivity contribution in [3.63, 3.8) is 0 Å². The predicted octanol–water partition coefficient (Wildman–Crippen LogP) is 2.59. The average Bonchev–Trinajstić information content (AvgIpc) is 2.62. The molecule has 72 valence electrons. The lowest BCUT2D eigenvalue weighted by Gasteiger charge is -2.24. The molecule has 0 aliphatic heterocycles. The van der Waals surface area contributed by atoms with Gasteiger partial charge in [-0.2, -0.15) is 4.37 Å². The molecule has 1 saturated carbocycles. The molecule has 3 nitrogen and oxygen atoms in total. The highest BCUT2D eigenvalue weighted by Gasteiger charge is 2.29. The molecule has 0 bridgehead atoms. The van der Waals surface area contributed by atoms with Gasteiger partial charge in [-0.1, -0.05) is 12.8 Å². The maximum absolute atomic E-state index is 4.32. The minimum Gasteiger partial charge on any atom is -0.355 e. The van der Waals surface area contributed by atoms with Crippen LogP contribution in [0.2, 0.25) is 0 Å². The maximum atomic E-state index is 4.32. The van der Waals surface area contributed by atoms with Crippen molar-refractivity contribution in [1.82, 2.24) is 9.36 Å². The summed E-state index contributed by atoms with van der Waals surface area (Å²) in [4.78, 5) is 4.32. The van der Waals surface area contributed by atoms with Gasteiger partial charge >= 0.3 is 0 Å². The molecule has 0 radical (unpaired) electrons. The highest BCUT2D eigenvalue weighted by Crippen LogP contribution is 2.32. The molecule has 1 aromatic heterocycles. The van der Waals surface area contributed by atoms with E-state index in [0.717, 1.165) is 11.0 Å². The summed E-state index contributed by atoms with van der Waals surface area (Å²) in [5.74, 6) is 0.870. The zero-order valence-corrected chi connectivity index (χ0v) is 8.95. The Labute approximate surface area is 82.8 Å². The fourth-order valence-corrected chi connectivity index (χ4v) is 2.61. The first kappa shape index (κ1) is 8.94. The van der Waals surface area contributed by atoms with Gasteiger partial charge in [0, 0.05) is 17.1 Å². The molecule has 4 heteroatoms. The van der Waals surface area contributed by atoms with Crippen molar-refractivity contribution in [2.24, 2.45) is 0 Å². The van der Waals surface area contributed by atoms with Gasteiger partial charge in [0.15, 0.2) is 0 Å². The molecule has 0 atom stereocenters. The third kappa shape index (κ3) is 1.99. The van der Waals surface area contributed by atoms with Gasteiger partial charge in [0.2, 0.25) is 5.13 Å². The highest BCUT2D eigenvalue weighted by atomic mass is 32.1. The van der Waals surface area contributed by atoms with Crippen molar-refractivity contribution in [2.75, 3.05) is 5.32 Å². The number of aryl methyl sites for hydroxylation is 1. The molecule has 1 N–H and O–H groups in total. The molecule has 1 heterocycles. The number of anilines is 1. The maximum Gasteiger partial charge on any atom is 0.202 e. The number of nitrogens with zero attached hydrogens (tertiary/aromatic N) is 2. The summed E-state index contributed by atoms with van der Waals surface area (Å²) in [6.07, 6.45) is 5.18. The van der Waals surface area contributed by atoms with Crippen molar-refractivity contribution in [3.05, 3.63) is 5.82 Å². The Bertz CT molecular complexity index is 289. The summed E-state index contributed by atoms with van der Waals surface area (Å²) in [6.45, 7) is 4.20. The van der Waals surface area contributed by atoms with Crippen LogP contribution in [-0.4, -0.2) is 14.9 Å². The molecule has 0 unspecified atom stereocenters. The first-order valence-corrected chi connectivity index (χ1v) is 5.54. The predicted molar refractivity (Wildman–Crippen MR) is 55.1 cm³/mol. The summed E-state index contributed by atoms with van der Waals surface area (Å²) in [5.41, 5.74) is 0.270. The number of hydrogen-bond donors (Lipinski definition) is 1. The summed E-state index contributed by atoms with van der Waals surface area (Å²) in [5, 5.41) is 4.46. The monoisotopic (exact) mass is 197 g/mol. The Morgan fingerprint density at radius 3 is 2.62 bits per heavy atom. The largest absolute Gasteiger partial charge is 0.355 e. The number of aromatic nitrogens is 2. The van der Waals surface area contributed by atoms with E-state index in [0.29, 0.717) is 0 Å². The fraction of sp³-hybridized carbons (Fsp3) is 0.778. The Balaban J connectivity index is 2.04. The minimum atomic E-state index is 0.270. The molecule has 1 aliphatic carbocycles. The summed E-state index contributed by atoms with van der Waals surface area (Å²) >= 11 is 1.46. The van der Waals surface area contributed by atoms with Crippen LogP contribution in [0, 0.1) is 6.92 Å². The lowest BCUT2D eigenvalue weighted by atomic mass is 10.0. The topological polar surface area (TPSA) is 37.8 Å². The van der Waals surface area contributed by atoms with E-state index in [1.165, 1.54) is 37.2 Å². The minimum absolute atomic E-state index is 0.270. The van der Waals surface area contributed by atoms with Crippen molar-refractivity contribution in [2.45, 2.75) is 45.1 Å². The third-order valence-electron chi connectivity index (χ3n) is 2.64. The van der Waals surface area contributed by atoms with Crippen molar-refractivity contribution < 1.29 is 0 Å². The van der Waals surface area contributed by atoms with Crippen LogP contribution in [0.25, 0.3) is 0 Å². The lowest BCUT2D eigenvalue weighted by molar-refractivity contribution is 0.533. The van der Waals surface area contributed by atoms with Crippen LogP contribution < -0.4 is 5.32 Å². The quantitative estimate of drug-likeness (QED) is 0.792. The van der Waals surface area contributed by atoms with Crippen molar-refractivity contribution in [1.29, 1.82) is 0 Å². The van der Waals surface area contributed by atoms with Crippen LogP contribution >= 0.6 is 11.5 Å². The molecule has 1 aromatic rings. The molecule has 0 saturated heterocycles. The van der Waals surface area contributed by atoms with Crippen LogP contribution in [0.1, 0.15) is 38.4 Å². The van der Waals surface area contributed by atoms with Gasteiger partial charge in [0.05, 0.1) is 0 Å². The van der Waals surface area contributed by atoms with Crippen molar-refractivity contribution >= 4 is 16.7 Å². The van der Waals surface area contributed by atoms with Gasteiger partial charge in [-0.3, -0.25) is 0 Å². The molecule has 13 heavy (non-hydrogen) atoms. The average molecular weight is 197 g/mol. The Morgan fingerprint density at radius 1 is 1.38 bits per heavy atom. The van der Waals surface area contributed by atoms with Gasteiger partial charge in [-0.05, 0) is 26.7 Å². The summed E-state index contributed by atoms with van der Waals surface area (Å²) in [6, 6.07) is 0. The van der Waals surface area contributed by atoms with E-state index < -0.39 is 0 Å². The van der Waals surface area contributed by atoms with Crippen LogP contribution in [0.3, 0.4) is 0 Å². The first-order valence-electron chi connectivity index (χ1n) is 4.76. The molecule has 0 aromatic carbocycles. The van der Waals surface area contributed by atoms with Crippen molar-refractivity contribution in [3.8, 4) is 0 Å². The van der Waals surface area contributed by atoms with Crippen LogP contribution in [0.5, 0.6) is 0 Å². The molecule has 2 rings (SSSR count). The zero-order chi connectivity index (χ0) is 9.31. The molecular weight excluding hydrogens is 182 g/mol. The van der Waals surface area contributed by atoms with E-state index in [-0.39, 0.29) is 5.54 Å². The SMILES string of the molecule is Cc1nsc(NC2(C)CCCC2)n1. The smallest absolute Gasteiger partial charge is 0.202 e. The Kier molecular flexibility index (Phi) is 2.24. The van der Waals surface area contributed by atoms with Gasteiger partial charge in [-0.25, -0.2) is 4.98 Å². The molecule has 0 spiro atoms. The summed E-state index contributed by atoms with van der Waals surface area (Å²) < 4.78 is 4.16. The van der Waals surface area contributed by atoms with Gasteiger partial charge < -0.3 is 5.32 Å². The second-order valence-corrected chi connectivity index (χ2v) is 4.79. The van der Waals surface area contributed by atoms with E-state index in [2.05, 4.69) is 21.6 Å². The van der Waals surface area contributed by atoms with E-state index in [1.807, 2.05) is 6.92 Å². The standard InChI is InChI=1S/C9H15N3S/c1-7-10-8(13-12-7)11-9(2)5-3-4-6-9/h3-6H2,1-2H3,(H,10,11,12). The van der Waals surface area contributed by atoms with Gasteiger partial charge in [-0.15, -0.1) is 0 Å². The Morgan fingerprint density at radius 2 is 2.08 bits per heavy atom. The van der Waals surface area contributed by atoms with Gasteiger partial charge in [0.1, 0.15) is 5.82 Å².